The second kappa shape index (κ2) is 7.41. The molecule has 0 aliphatic rings. The highest BCUT2D eigenvalue weighted by Crippen LogP contribution is 2.26. The summed E-state index contributed by atoms with van der Waals surface area (Å²) in [4.78, 5) is 15.1. The number of ketones is 1. The number of aryl methyl sites for hydroxylation is 2. The van der Waals surface area contributed by atoms with E-state index in [4.69, 9.17) is 11.6 Å². The molecule has 1 aromatic rings. The summed E-state index contributed by atoms with van der Waals surface area (Å²) < 4.78 is 1.84. The molecule has 1 heterocycles. The smallest absolute Gasteiger partial charge is 0.158 e. The van der Waals surface area contributed by atoms with Gasteiger partial charge in [-0.3, -0.25) is 14.4 Å². The molecule has 1 atom stereocenters. The lowest BCUT2D eigenvalue weighted by molar-refractivity contribution is -0.130. The molecular weight excluding hydrogens is 286 g/mol. The van der Waals surface area contributed by atoms with Gasteiger partial charge < -0.3 is 0 Å². The Bertz CT molecular complexity index is 494. The first kappa shape index (κ1) is 18.2. The molecule has 0 N–H and O–H groups in total. The van der Waals surface area contributed by atoms with E-state index < -0.39 is 5.54 Å². The fourth-order valence-corrected chi connectivity index (χ4v) is 3.10. The summed E-state index contributed by atoms with van der Waals surface area (Å²) in [7, 11) is 0. The van der Waals surface area contributed by atoms with Crippen LogP contribution < -0.4 is 0 Å². The largest absolute Gasteiger partial charge is 0.297 e. The van der Waals surface area contributed by atoms with E-state index >= 15 is 0 Å². The van der Waals surface area contributed by atoms with E-state index in [-0.39, 0.29) is 5.78 Å². The number of rotatable bonds is 8. The number of hydrogen-bond acceptors (Lipinski definition) is 3. The fourth-order valence-electron chi connectivity index (χ4n) is 2.90. The van der Waals surface area contributed by atoms with Crippen LogP contribution in [-0.4, -0.2) is 39.1 Å². The van der Waals surface area contributed by atoms with Crippen LogP contribution >= 0.6 is 11.6 Å². The van der Waals surface area contributed by atoms with Crippen molar-refractivity contribution >= 4 is 17.4 Å². The second-order valence-corrected chi connectivity index (χ2v) is 5.94. The second-order valence-electron chi connectivity index (χ2n) is 5.56. The van der Waals surface area contributed by atoms with Crippen LogP contribution in [0.15, 0.2) is 0 Å². The van der Waals surface area contributed by atoms with Crippen LogP contribution in [0.4, 0.5) is 0 Å². The molecule has 0 spiro atoms. The van der Waals surface area contributed by atoms with Gasteiger partial charge >= 0.3 is 0 Å². The first-order valence-corrected chi connectivity index (χ1v) is 8.23. The van der Waals surface area contributed by atoms with E-state index in [0.29, 0.717) is 11.4 Å². The van der Waals surface area contributed by atoms with Gasteiger partial charge in [0.1, 0.15) is 0 Å². The van der Waals surface area contributed by atoms with Crippen LogP contribution in [-0.2, 0) is 17.8 Å². The third kappa shape index (κ3) is 3.49. The van der Waals surface area contributed by atoms with Gasteiger partial charge in [0.2, 0.25) is 0 Å². The van der Waals surface area contributed by atoms with Gasteiger partial charge in [-0.2, -0.15) is 5.10 Å². The summed E-state index contributed by atoms with van der Waals surface area (Å²) in [6.45, 7) is 14.7. The van der Waals surface area contributed by atoms with E-state index in [2.05, 4.69) is 30.8 Å². The van der Waals surface area contributed by atoms with Crippen LogP contribution in [0, 0.1) is 6.92 Å². The van der Waals surface area contributed by atoms with Gasteiger partial charge in [-0.25, -0.2) is 0 Å². The summed E-state index contributed by atoms with van der Waals surface area (Å²) in [5, 5.41) is 5.02. The number of hydrogen-bond donors (Lipinski definition) is 0. The number of halogens is 1. The maximum Gasteiger partial charge on any atom is 0.158 e. The van der Waals surface area contributed by atoms with Crippen molar-refractivity contribution in [2.45, 2.75) is 66.5 Å². The number of carbonyl (C=O) groups excluding carboxylic acids is 1. The molecule has 0 aromatic carbocycles. The van der Waals surface area contributed by atoms with Crippen molar-refractivity contribution in [1.29, 1.82) is 0 Å². The zero-order valence-electron chi connectivity index (χ0n) is 14.2. The number of Topliss-reactive ketones (excluding diaryl/α,β-unsaturated/α-hetero) is 1. The molecule has 120 valence electrons. The van der Waals surface area contributed by atoms with Crippen molar-refractivity contribution in [3.05, 3.63) is 16.4 Å². The van der Waals surface area contributed by atoms with Crippen molar-refractivity contribution in [3.63, 3.8) is 0 Å². The molecule has 1 unspecified atom stereocenters. The number of likely N-dealkylation sites (N-methyl/N-ethyl adjacent to an activating group) is 1. The predicted molar refractivity (Wildman–Crippen MR) is 88.0 cm³/mol. The van der Waals surface area contributed by atoms with Gasteiger partial charge in [-0.1, -0.05) is 32.4 Å². The zero-order valence-corrected chi connectivity index (χ0v) is 14.9. The number of carbonyl (C=O) groups is 1. The Morgan fingerprint density at radius 3 is 2.29 bits per heavy atom. The number of nitrogens with zero attached hydrogens (tertiary/aromatic N) is 3. The number of aromatic nitrogens is 2. The normalized spacial score (nSPS) is 14.5. The predicted octanol–water partition coefficient (Wildman–Crippen LogP) is 3.49. The Labute approximate surface area is 133 Å². The molecule has 5 heteroatoms. The van der Waals surface area contributed by atoms with Crippen molar-refractivity contribution in [2.24, 2.45) is 0 Å². The molecule has 0 aliphatic heterocycles. The van der Waals surface area contributed by atoms with Crippen LogP contribution in [0.1, 0.15) is 52.4 Å². The Balaban J connectivity index is 3.09. The summed E-state index contributed by atoms with van der Waals surface area (Å²) in [6, 6.07) is 0. The van der Waals surface area contributed by atoms with Crippen LogP contribution in [0.2, 0.25) is 5.02 Å². The third-order valence-corrected chi connectivity index (χ3v) is 5.02. The lowest BCUT2D eigenvalue weighted by Gasteiger charge is -2.38. The zero-order chi connectivity index (χ0) is 16.2. The summed E-state index contributed by atoms with van der Waals surface area (Å²) in [5.74, 6) is 0.213. The third-order valence-electron chi connectivity index (χ3n) is 4.53. The van der Waals surface area contributed by atoms with E-state index in [1.54, 1.807) is 0 Å². The topological polar surface area (TPSA) is 38.1 Å². The molecule has 0 bridgehead atoms. The van der Waals surface area contributed by atoms with E-state index in [1.165, 1.54) is 0 Å². The lowest BCUT2D eigenvalue weighted by atomic mass is 9.88. The molecule has 0 fully saturated rings. The SMILES string of the molecule is CCN(CC)C(C)(CC)C(=O)Cc1c(Cl)c(C)nn1CC. The molecule has 1 aromatic heterocycles. The fraction of sp³-hybridized carbons (Fsp3) is 0.750. The Kier molecular flexibility index (Phi) is 6.41. The Morgan fingerprint density at radius 2 is 1.86 bits per heavy atom. The Hall–Kier alpha value is -0.870. The molecule has 1 rings (SSSR count). The minimum absolute atomic E-state index is 0.213. The van der Waals surface area contributed by atoms with E-state index in [1.807, 2.05) is 25.5 Å². The molecule has 0 saturated heterocycles. The van der Waals surface area contributed by atoms with Crippen molar-refractivity contribution < 1.29 is 4.79 Å². The van der Waals surface area contributed by atoms with E-state index in [0.717, 1.165) is 37.4 Å². The van der Waals surface area contributed by atoms with Gasteiger partial charge in [0.05, 0.1) is 28.4 Å². The summed E-state index contributed by atoms with van der Waals surface area (Å²) >= 11 is 6.33. The minimum atomic E-state index is -0.441. The van der Waals surface area contributed by atoms with Crippen LogP contribution in [0.5, 0.6) is 0 Å². The summed E-state index contributed by atoms with van der Waals surface area (Å²) in [6.07, 6.45) is 1.14. The average Bonchev–Trinajstić information content (AvgIpc) is 2.75. The minimum Gasteiger partial charge on any atom is -0.297 e. The van der Waals surface area contributed by atoms with Gasteiger partial charge in [-0.05, 0) is 40.3 Å². The van der Waals surface area contributed by atoms with Crippen molar-refractivity contribution in [3.8, 4) is 0 Å². The van der Waals surface area contributed by atoms with Crippen LogP contribution in [0.3, 0.4) is 0 Å². The highest BCUT2D eigenvalue weighted by molar-refractivity contribution is 6.32. The van der Waals surface area contributed by atoms with Gasteiger partial charge in [0.15, 0.2) is 5.78 Å². The first-order valence-electron chi connectivity index (χ1n) is 7.85. The van der Waals surface area contributed by atoms with E-state index in [9.17, 15) is 4.79 Å². The van der Waals surface area contributed by atoms with Gasteiger partial charge in [0, 0.05) is 6.54 Å². The van der Waals surface area contributed by atoms with Gasteiger partial charge in [0.25, 0.3) is 0 Å². The monoisotopic (exact) mass is 313 g/mol. The Morgan fingerprint density at radius 1 is 1.29 bits per heavy atom. The summed E-state index contributed by atoms with van der Waals surface area (Å²) in [5.41, 5.74) is 1.19. The molecule has 0 aliphatic carbocycles. The molecule has 0 saturated carbocycles. The highest BCUT2D eigenvalue weighted by atomic mass is 35.5. The van der Waals surface area contributed by atoms with Crippen LogP contribution in [0.25, 0.3) is 0 Å². The maximum atomic E-state index is 12.9. The standard InChI is InChI=1S/C16H28ClN3O/c1-7-16(6,19(8-2)9-3)14(21)11-13-15(17)12(5)18-20(13)10-4/h7-11H2,1-6H3. The lowest BCUT2D eigenvalue weighted by Crippen LogP contribution is -2.52. The molecule has 0 amide bonds. The molecular formula is C16H28ClN3O. The quantitative estimate of drug-likeness (QED) is 0.737. The maximum absolute atomic E-state index is 12.9. The molecule has 21 heavy (non-hydrogen) atoms. The average molecular weight is 314 g/mol. The van der Waals surface area contributed by atoms with Crippen molar-refractivity contribution in [2.75, 3.05) is 13.1 Å². The van der Waals surface area contributed by atoms with Gasteiger partial charge in [-0.15, -0.1) is 0 Å². The molecule has 4 nitrogen and oxygen atoms in total. The van der Waals surface area contributed by atoms with Crippen molar-refractivity contribution in [1.82, 2.24) is 14.7 Å². The first-order chi connectivity index (χ1) is 9.85. The highest BCUT2D eigenvalue weighted by Gasteiger charge is 2.36. The molecule has 0 radical (unpaired) electrons.